The highest BCUT2D eigenvalue weighted by Crippen LogP contribution is 2.27. The van der Waals surface area contributed by atoms with E-state index in [4.69, 9.17) is 5.73 Å². The molecule has 0 spiro atoms. The van der Waals surface area contributed by atoms with Crippen LogP contribution in [0, 0.1) is 0 Å². The Balaban J connectivity index is 1.70. The fourth-order valence-electron chi connectivity index (χ4n) is 2.78. The van der Waals surface area contributed by atoms with Crippen LogP contribution in [0.2, 0.25) is 0 Å². The fraction of sp³-hybridized carbons (Fsp3) is 0.429. The Labute approximate surface area is 113 Å². The molecule has 2 N–H and O–H groups in total. The van der Waals surface area contributed by atoms with E-state index >= 15 is 0 Å². The topological polar surface area (TPSA) is 60.0 Å². The summed E-state index contributed by atoms with van der Waals surface area (Å²) in [6.07, 6.45) is 1.82. The number of likely N-dealkylation sites (tertiary alicyclic amines) is 1. The third-order valence-corrected chi connectivity index (χ3v) is 3.86. The van der Waals surface area contributed by atoms with Gasteiger partial charge >= 0.3 is 0 Å². The number of nitrogens with two attached hydrogens (primary N) is 1. The van der Waals surface area contributed by atoms with E-state index in [1.165, 1.54) is 5.56 Å². The molecule has 1 aliphatic rings. The molecule has 19 heavy (non-hydrogen) atoms. The molecule has 0 aliphatic carbocycles. The Hall–Kier alpha value is -1.72. The SMILES string of the molecule is Cn1nncc1CN1C[C@@H](N)[C@H](c2ccccc2)C1. The highest BCUT2D eigenvalue weighted by Gasteiger charge is 2.31. The zero-order valence-corrected chi connectivity index (χ0v) is 11.1. The summed E-state index contributed by atoms with van der Waals surface area (Å²) < 4.78 is 1.82. The molecule has 0 unspecified atom stereocenters. The van der Waals surface area contributed by atoms with E-state index in [1.54, 1.807) is 0 Å². The number of benzene rings is 1. The molecule has 1 aliphatic heterocycles. The summed E-state index contributed by atoms with van der Waals surface area (Å²) in [5, 5.41) is 7.88. The predicted octanol–water partition coefficient (Wildman–Crippen LogP) is 0.742. The summed E-state index contributed by atoms with van der Waals surface area (Å²) in [5.41, 5.74) is 8.75. The van der Waals surface area contributed by atoms with Crippen molar-refractivity contribution in [2.45, 2.75) is 18.5 Å². The molecule has 2 heterocycles. The lowest BCUT2D eigenvalue weighted by molar-refractivity contribution is 0.314. The second-order valence-electron chi connectivity index (χ2n) is 5.22. The summed E-state index contributed by atoms with van der Waals surface area (Å²) in [5.74, 6) is 0.419. The molecule has 0 saturated carbocycles. The van der Waals surface area contributed by atoms with Crippen molar-refractivity contribution in [2.75, 3.05) is 13.1 Å². The number of aryl methyl sites for hydroxylation is 1. The average molecular weight is 257 g/mol. The van der Waals surface area contributed by atoms with Crippen molar-refractivity contribution in [3.63, 3.8) is 0 Å². The minimum absolute atomic E-state index is 0.198. The monoisotopic (exact) mass is 257 g/mol. The zero-order chi connectivity index (χ0) is 13.2. The van der Waals surface area contributed by atoms with Gasteiger partial charge in [-0.05, 0) is 5.56 Å². The van der Waals surface area contributed by atoms with E-state index in [1.807, 2.05) is 24.0 Å². The Kier molecular flexibility index (Phi) is 3.31. The summed E-state index contributed by atoms with van der Waals surface area (Å²) in [6.45, 7) is 2.78. The van der Waals surface area contributed by atoms with Crippen molar-refractivity contribution in [3.8, 4) is 0 Å². The lowest BCUT2D eigenvalue weighted by atomic mass is 9.95. The van der Waals surface area contributed by atoms with Gasteiger partial charge in [-0.1, -0.05) is 35.5 Å². The van der Waals surface area contributed by atoms with E-state index in [9.17, 15) is 0 Å². The molecule has 0 amide bonds. The second kappa shape index (κ2) is 5.11. The molecule has 1 saturated heterocycles. The lowest BCUT2D eigenvalue weighted by Gasteiger charge is -2.15. The van der Waals surface area contributed by atoms with Crippen LogP contribution in [0.5, 0.6) is 0 Å². The Morgan fingerprint density at radius 1 is 1.26 bits per heavy atom. The fourth-order valence-corrected chi connectivity index (χ4v) is 2.78. The van der Waals surface area contributed by atoms with Crippen LogP contribution in [-0.4, -0.2) is 39.0 Å². The molecule has 5 heteroatoms. The van der Waals surface area contributed by atoms with Crippen LogP contribution in [0.3, 0.4) is 0 Å². The normalized spacial score (nSPS) is 23.9. The minimum Gasteiger partial charge on any atom is -0.326 e. The van der Waals surface area contributed by atoms with Gasteiger partial charge in [0.1, 0.15) is 0 Å². The first-order valence-electron chi connectivity index (χ1n) is 6.60. The Morgan fingerprint density at radius 3 is 2.74 bits per heavy atom. The lowest BCUT2D eigenvalue weighted by Crippen LogP contribution is -2.28. The molecule has 1 aromatic heterocycles. The molecular weight excluding hydrogens is 238 g/mol. The maximum absolute atomic E-state index is 6.29. The smallest absolute Gasteiger partial charge is 0.0738 e. The summed E-state index contributed by atoms with van der Waals surface area (Å²) in [7, 11) is 1.92. The molecular formula is C14H19N5. The number of rotatable bonds is 3. The van der Waals surface area contributed by atoms with Gasteiger partial charge in [-0.2, -0.15) is 0 Å². The van der Waals surface area contributed by atoms with Crippen LogP contribution in [-0.2, 0) is 13.6 Å². The van der Waals surface area contributed by atoms with Gasteiger partial charge in [0, 0.05) is 38.6 Å². The van der Waals surface area contributed by atoms with E-state index in [0.29, 0.717) is 5.92 Å². The largest absolute Gasteiger partial charge is 0.326 e. The highest BCUT2D eigenvalue weighted by molar-refractivity contribution is 5.23. The predicted molar refractivity (Wildman–Crippen MR) is 73.4 cm³/mol. The van der Waals surface area contributed by atoms with E-state index in [-0.39, 0.29) is 6.04 Å². The van der Waals surface area contributed by atoms with Crippen LogP contribution >= 0.6 is 0 Å². The van der Waals surface area contributed by atoms with Crippen LogP contribution in [0.25, 0.3) is 0 Å². The van der Waals surface area contributed by atoms with Crippen molar-refractivity contribution in [1.82, 2.24) is 19.9 Å². The molecule has 0 radical (unpaired) electrons. The average Bonchev–Trinajstić information content (AvgIpc) is 2.98. The van der Waals surface area contributed by atoms with Crippen molar-refractivity contribution in [1.29, 1.82) is 0 Å². The van der Waals surface area contributed by atoms with Gasteiger partial charge in [0.25, 0.3) is 0 Å². The third-order valence-electron chi connectivity index (χ3n) is 3.86. The Morgan fingerprint density at radius 2 is 2.05 bits per heavy atom. The number of hydrogen-bond donors (Lipinski definition) is 1. The van der Waals surface area contributed by atoms with Crippen molar-refractivity contribution < 1.29 is 0 Å². The molecule has 2 aromatic rings. The first-order chi connectivity index (χ1) is 9.24. The van der Waals surface area contributed by atoms with Gasteiger partial charge in [-0.25, -0.2) is 0 Å². The van der Waals surface area contributed by atoms with E-state index in [2.05, 4.69) is 39.5 Å². The molecule has 5 nitrogen and oxygen atoms in total. The van der Waals surface area contributed by atoms with Crippen LogP contribution in [0.4, 0.5) is 0 Å². The molecule has 0 bridgehead atoms. The maximum Gasteiger partial charge on any atom is 0.0738 e. The number of hydrogen-bond acceptors (Lipinski definition) is 4. The summed E-state index contributed by atoms with van der Waals surface area (Å²) in [6, 6.07) is 10.7. The van der Waals surface area contributed by atoms with Gasteiger partial charge in [0.2, 0.25) is 0 Å². The quantitative estimate of drug-likeness (QED) is 0.881. The molecule has 3 rings (SSSR count). The van der Waals surface area contributed by atoms with Crippen molar-refractivity contribution in [3.05, 3.63) is 47.8 Å². The molecule has 1 fully saturated rings. The minimum atomic E-state index is 0.198. The number of aromatic nitrogens is 3. The standard InChI is InChI=1S/C14H19N5/c1-18-12(7-16-17-18)8-19-9-13(14(15)10-19)11-5-3-2-4-6-11/h2-7,13-14H,8-10,15H2,1H3/t13-,14+/m0/s1. The van der Waals surface area contributed by atoms with Crippen LogP contribution < -0.4 is 5.73 Å². The zero-order valence-electron chi connectivity index (χ0n) is 11.1. The maximum atomic E-state index is 6.29. The summed E-state index contributed by atoms with van der Waals surface area (Å²) >= 11 is 0. The molecule has 2 atom stereocenters. The van der Waals surface area contributed by atoms with Gasteiger partial charge in [0.15, 0.2) is 0 Å². The molecule has 1 aromatic carbocycles. The van der Waals surface area contributed by atoms with Gasteiger partial charge < -0.3 is 5.73 Å². The van der Waals surface area contributed by atoms with Crippen LogP contribution in [0.1, 0.15) is 17.2 Å². The van der Waals surface area contributed by atoms with E-state index < -0.39 is 0 Å². The second-order valence-corrected chi connectivity index (χ2v) is 5.22. The first-order valence-corrected chi connectivity index (χ1v) is 6.60. The Bertz CT molecular complexity index is 536. The third kappa shape index (κ3) is 2.52. The van der Waals surface area contributed by atoms with Crippen molar-refractivity contribution in [2.24, 2.45) is 12.8 Å². The van der Waals surface area contributed by atoms with Crippen molar-refractivity contribution >= 4 is 0 Å². The first kappa shape index (κ1) is 12.3. The van der Waals surface area contributed by atoms with E-state index in [0.717, 1.165) is 25.3 Å². The summed E-state index contributed by atoms with van der Waals surface area (Å²) in [4.78, 5) is 2.38. The highest BCUT2D eigenvalue weighted by atomic mass is 15.4. The van der Waals surface area contributed by atoms with Gasteiger partial charge in [0.05, 0.1) is 11.9 Å². The van der Waals surface area contributed by atoms with Gasteiger partial charge in [-0.15, -0.1) is 5.10 Å². The molecule has 100 valence electrons. The number of nitrogens with zero attached hydrogens (tertiary/aromatic N) is 4. The van der Waals surface area contributed by atoms with Gasteiger partial charge in [-0.3, -0.25) is 9.58 Å². The van der Waals surface area contributed by atoms with Crippen LogP contribution in [0.15, 0.2) is 36.5 Å².